The van der Waals surface area contributed by atoms with E-state index in [1.807, 2.05) is 0 Å². The summed E-state index contributed by atoms with van der Waals surface area (Å²) in [5.41, 5.74) is -2.96. The van der Waals surface area contributed by atoms with Crippen molar-refractivity contribution in [2.75, 3.05) is 7.11 Å². The highest BCUT2D eigenvalue weighted by molar-refractivity contribution is 5.42. The minimum atomic E-state index is -5.40. The van der Waals surface area contributed by atoms with Gasteiger partial charge in [0.1, 0.15) is 6.67 Å². The zero-order valence-electron chi connectivity index (χ0n) is 9.19. The van der Waals surface area contributed by atoms with Gasteiger partial charge >= 0.3 is 12.5 Å². The van der Waals surface area contributed by atoms with Crippen LogP contribution in [0.1, 0.15) is 11.3 Å². The molecule has 1 aromatic rings. The van der Waals surface area contributed by atoms with Crippen LogP contribution in [0.25, 0.3) is 0 Å². The highest BCUT2D eigenvalue weighted by atomic mass is 19.4. The molecule has 0 saturated carbocycles. The molecule has 0 aliphatic carbocycles. The Morgan fingerprint density at radius 3 is 2.11 bits per heavy atom. The van der Waals surface area contributed by atoms with Crippen molar-refractivity contribution in [3.8, 4) is 11.6 Å². The standard InChI is InChI=1S/C9H6F7NO2/c1-18-5-2-4(3-10)6(19-9(14,15)16)7(17-5)8(11,12)13/h2H,3H2,1H3. The van der Waals surface area contributed by atoms with E-state index < -0.39 is 42.1 Å². The van der Waals surface area contributed by atoms with Crippen LogP contribution in [0.5, 0.6) is 11.6 Å². The first-order chi connectivity index (χ1) is 8.58. The summed E-state index contributed by atoms with van der Waals surface area (Å²) in [4.78, 5) is 2.82. The molecule has 0 N–H and O–H groups in total. The maximum absolute atomic E-state index is 12.6. The fourth-order valence-corrected chi connectivity index (χ4v) is 1.19. The van der Waals surface area contributed by atoms with Crippen LogP contribution in [0.3, 0.4) is 0 Å². The molecule has 0 aromatic carbocycles. The van der Waals surface area contributed by atoms with Crippen LogP contribution in [-0.2, 0) is 12.9 Å². The summed E-state index contributed by atoms with van der Waals surface area (Å²) < 4.78 is 93.9. The molecule has 0 aliphatic heterocycles. The fourth-order valence-electron chi connectivity index (χ4n) is 1.19. The first kappa shape index (κ1) is 15.3. The molecule has 108 valence electrons. The van der Waals surface area contributed by atoms with Gasteiger partial charge in [-0.2, -0.15) is 13.2 Å². The van der Waals surface area contributed by atoms with Crippen molar-refractivity contribution >= 4 is 0 Å². The van der Waals surface area contributed by atoms with E-state index in [1.165, 1.54) is 0 Å². The topological polar surface area (TPSA) is 31.4 Å². The number of alkyl halides is 7. The number of hydrogen-bond acceptors (Lipinski definition) is 3. The lowest BCUT2D eigenvalue weighted by Gasteiger charge is -2.17. The molecule has 0 radical (unpaired) electrons. The van der Waals surface area contributed by atoms with Crippen LogP contribution < -0.4 is 9.47 Å². The van der Waals surface area contributed by atoms with E-state index >= 15 is 0 Å². The Kier molecular flexibility index (Phi) is 4.11. The number of pyridine rings is 1. The van der Waals surface area contributed by atoms with Gasteiger partial charge in [0.25, 0.3) is 0 Å². The maximum atomic E-state index is 12.6. The van der Waals surface area contributed by atoms with E-state index in [4.69, 9.17) is 0 Å². The Morgan fingerprint density at radius 2 is 1.74 bits per heavy atom. The number of aromatic nitrogens is 1. The Bertz CT molecular complexity index is 455. The maximum Gasteiger partial charge on any atom is 0.573 e. The van der Waals surface area contributed by atoms with E-state index in [0.717, 1.165) is 7.11 Å². The van der Waals surface area contributed by atoms with Crippen LogP contribution in [0.15, 0.2) is 6.07 Å². The molecule has 0 bridgehead atoms. The average Bonchev–Trinajstić information content (AvgIpc) is 2.25. The van der Waals surface area contributed by atoms with Crippen molar-refractivity contribution in [2.24, 2.45) is 0 Å². The lowest BCUT2D eigenvalue weighted by Crippen LogP contribution is -2.22. The second-order valence-electron chi connectivity index (χ2n) is 3.18. The number of nitrogens with zero attached hydrogens (tertiary/aromatic N) is 1. The van der Waals surface area contributed by atoms with Gasteiger partial charge in [-0.05, 0) is 0 Å². The summed E-state index contributed by atoms with van der Waals surface area (Å²) in [5.74, 6) is -2.39. The molecule has 0 amide bonds. The molecule has 19 heavy (non-hydrogen) atoms. The predicted molar refractivity (Wildman–Crippen MR) is 47.3 cm³/mol. The smallest absolute Gasteiger partial charge is 0.481 e. The Hall–Kier alpha value is -1.74. The van der Waals surface area contributed by atoms with Crippen molar-refractivity contribution in [1.29, 1.82) is 0 Å². The van der Waals surface area contributed by atoms with Gasteiger partial charge in [0.2, 0.25) is 5.88 Å². The number of rotatable bonds is 3. The van der Waals surface area contributed by atoms with E-state index in [2.05, 4.69) is 14.5 Å². The minimum Gasteiger partial charge on any atom is -0.481 e. The molecule has 1 heterocycles. The minimum absolute atomic E-state index is 0.594. The molecule has 1 rings (SSSR count). The van der Waals surface area contributed by atoms with Gasteiger partial charge in [-0.25, -0.2) is 9.37 Å². The molecule has 1 aromatic heterocycles. The molecule has 0 unspecified atom stereocenters. The summed E-state index contributed by atoms with van der Waals surface area (Å²) in [7, 11) is 0.939. The summed E-state index contributed by atoms with van der Waals surface area (Å²) in [6.07, 6.45) is -10.7. The van der Waals surface area contributed by atoms with E-state index in [-0.39, 0.29) is 0 Å². The van der Waals surface area contributed by atoms with Crippen molar-refractivity contribution in [3.63, 3.8) is 0 Å². The van der Waals surface area contributed by atoms with Gasteiger partial charge < -0.3 is 9.47 Å². The van der Waals surface area contributed by atoms with Crippen molar-refractivity contribution < 1.29 is 40.2 Å². The first-order valence-electron chi connectivity index (χ1n) is 4.55. The van der Waals surface area contributed by atoms with Crippen LogP contribution in [-0.4, -0.2) is 18.5 Å². The zero-order chi connectivity index (χ0) is 14.8. The third-order valence-electron chi connectivity index (χ3n) is 1.87. The van der Waals surface area contributed by atoms with Crippen molar-refractivity contribution in [3.05, 3.63) is 17.3 Å². The van der Waals surface area contributed by atoms with Crippen molar-refractivity contribution in [1.82, 2.24) is 4.98 Å². The SMILES string of the molecule is COc1cc(CF)c(OC(F)(F)F)c(C(F)(F)F)n1. The van der Waals surface area contributed by atoms with Gasteiger partial charge in [-0.3, -0.25) is 0 Å². The number of ether oxygens (including phenoxy) is 2. The van der Waals surface area contributed by atoms with Crippen LogP contribution in [0.4, 0.5) is 30.7 Å². The van der Waals surface area contributed by atoms with E-state index in [9.17, 15) is 30.7 Å². The van der Waals surface area contributed by atoms with E-state index in [0.29, 0.717) is 6.07 Å². The third-order valence-corrected chi connectivity index (χ3v) is 1.87. The molecule has 3 nitrogen and oxygen atoms in total. The highest BCUT2D eigenvalue weighted by Gasteiger charge is 2.42. The predicted octanol–water partition coefficient (Wildman–Crippen LogP) is 3.48. The highest BCUT2D eigenvalue weighted by Crippen LogP contribution is 2.41. The summed E-state index contributed by atoms with van der Waals surface area (Å²) in [5, 5.41) is 0. The molecule has 0 atom stereocenters. The fraction of sp³-hybridized carbons (Fsp3) is 0.444. The molecule has 0 fully saturated rings. The summed E-state index contributed by atoms with van der Waals surface area (Å²) >= 11 is 0. The monoisotopic (exact) mass is 293 g/mol. The summed E-state index contributed by atoms with van der Waals surface area (Å²) in [6, 6.07) is 0.594. The van der Waals surface area contributed by atoms with Crippen LogP contribution in [0.2, 0.25) is 0 Å². The summed E-state index contributed by atoms with van der Waals surface area (Å²) in [6.45, 7) is -1.60. The molecule has 0 saturated heterocycles. The van der Waals surface area contributed by atoms with Gasteiger partial charge in [0, 0.05) is 11.6 Å². The first-order valence-corrected chi connectivity index (χ1v) is 4.55. The quantitative estimate of drug-likeness (QED) is 0.800. The molecule has 0 spiro atoms. The third kappa shape index (κ3) is 3.86. The number of hydrogen-bond donors (Lipinski definition) is 0. The molecular formula is C9H6F7NO2. The van der Waals surface area contributed by atoms with Crippen LogP contribution >= 0.6 is 0 Å². The molecule has 10 heteroatoms. The number of methoxy groups -OCH3 is 1. The second kappa shape index (κ2) is 5.10. The number of halogens is 7. The normalized spacial score (nSPS) is 12.4. The molecule has 0 aliphatic rings. The Morgan fingerprint density at radius 1 is 1.16 bits per heavy atom. The second-order valence-corrected chi connectivity index (χ2v) is 3.18. The Labute approximate surface area is 101 Å². The average molecular weight is 293 g/mol. The van der Waals surface area contributed by atoms with Crippen LogP contribution in [0, 0.1) is 0 Å². The van der Waals surface area contributed by atoms with Gasteiger partial charge in [-0.1, -0.05) is 0 Å². The largest absolute Gasteiger partial charge is 0.573 e. The lowest BCUT2D eigenvalue weighted by atomic mass is 10.2. The van der Waals surface area contributed by atoms with Gasteiger partial charge in [0.05, 0.1) is 7.11 Å². The zero-order valence-corrected chi connectivity index (χ0v) is 9.19. The van der Waals surface area contributed by atoms with Gasteiger partial charge in [-0.15, -0.1) is 13.2 Å². The van der Waals surface area contributed by atoms with E-state index in [1.54, 1.807) is 0 Å². The lowest BCUT2D eigenvalue weighted by molar-refractivity contribution is -0.276. The van der Waals surface area contributed by atoms with Crippen molar-refractivity contribution in [2.45, 2.75) is 19.2 Å². The Balaban J connectivity index is 3.47. The molecular weight excluding hydrogens is 287 g/mol. The van der Waals surface area contributed by atoms with Gasteiger partial charge in [0.15, 0.2) is 11.4 Å².